The van der Waals surface area contributed by atoms with Crippen molar-refractivity contribution >= 4 is 11.9 Å². The maximum Gasteiger partial charge on any atom is 0.331 e. The van der Waals surface area contributed by atoms with Crippen molar-refractivity contribution in [2.24, 2.45) is 0 Å². The van der Waals surface area contributed by atoms with Crippen molar-refractivity contribution in [2.45, 2.75) is 58.4 Å². The third-order valence-electron chi connectivity index (χ3n) is 9.54. The molecule has 57 heavy (non-hydrogen) atoms. The van der Waals surface area contributed by atoms with Gasteiger partial charge in [-0.25, -0.2) is 9.59 Å². The predicted molar refractivity (Wildman–Crippen MR) is 222 cm³/mol. The number of likely N-dealkylation sites (N-methyl/N-ethyl adjacent to an activating group) is 1. The molecule has 0 amide bonds. The minimum Gasteiger partial charge on any atom is -0.497 e. The van der Waals surface area contributed by atoms with Crippen LogP contribution < -0.4 is 23.7 Å². The summed E-state index contributed by atoms with van der Waals surface area (Å²) in [5.74, 6) is 2.64. The first-order valence-electron chi connectivity index (χ1n) is 19.7. The first kappa shape index (κ1) is 46.6. The zero-order valence-electron chi connectivity index (χ0n) is 35.3. The van der Waals surface area contributed by atoms with E-state index in [4.69, 9.17) is 37.9 Å². The maximum absolute atomic E-state index is 12.3. The van der Waals surface area contributed by atoms with Crippen LogP contribution >= 0.6 is 0 Å². The van der Waals surface area contributed by atoms with Gasteiger partial charge in [-0.2, -0.15) is 0 Å². The van der Waals surface area contributed by atoms with Crippen LogP contribution in [0.4, 0.5) is 0 Å². The van der Waals surface area contributed by atoms with E-state index >= 15 is 0 Å². The maximum atomic E-state index is 12.3. The quantitative estimate of drug-likeness (QED) is 0.0433. The third kappa shape index (κ3) is 16.7. The van der Waals surface area contributed by atoms with Gasteiger partial charge in [-0.05, 0) is 104 Å². The lowest BCUT2D eigenvalue weighted by molar-refractivity contribution is -0.140. The zero-order valence-corrected chi connectivity index (χ0v) is 35.3. The van der Waals surface area contributed by atoms with E-state index in [9.17, 15) is 9.59 Å². The van der Waals surface area contributed by atoms with Crippen molar-refractivity contribution in [1.29, 1.82) is 0 Å². The molecular formula is C45H64N2O10. The Bertz CT molecular complexity index is 1660. The van der Waals surface area contributed by atoms with Crippen LogP contribution in [-0.2, 0) is 43.2 Å². The van der Waals surface area contributed by atoms with Crippen molar-refractivity contribution < 1.29 is 47.5 Å². The number of carbonyl (C=O) groups is 2. The number of rotatable bonds is 28. The molecule has 1 atom stereocenters. The van der Waals surface area contributed by atoms with Gasteiger partial charge in [0.15, 0.2) is 23.0 Å². The number of ether oxygens (including phenoxy) is 8. The van der Waals surface area contributed by atoms with Gasteiger partial charge in [0.25, 0.3) is 0 Å². The molecule has 0 saturated heterocycles. The minimum atomic E-state index is -0.578. The molecule has 0 aliphatic rings. The molecule has 0 spiro atoms. The number of esters is 2. The average Bonchev–Trinajstić information content (AvgIpc) is 3.23. The Morgan fingerprint density at radius 1 is 0.649 bits per heavy atom. The summed E-state index contributed by atoms with van der Waals surface area (Å²) >= 11 is 0. The lowest BCUT2D eigenvalue weighted by Gasteiger charge is -2.22. The highest BCUT2D eigenvalue weighted by molar-refractivity contribution is 5.91. The number of hydrogen-bond acceptors (Lipinski definition) is 12. The van der Waals surface area contributed by atoms with Crippen LogP contribution in [0.1, 0.15) is 61.3 Å². The van der Waals surface area contributed by atoms with Crippen LogP contribution in [0.5, 0.6) is 28.7 Å². The molecule has 0 unspecified atom stereocenters. The van der Waals surface area contributed by atoms with Crippen molar-refractivity contribution in [3.05, 3.63) is 89.0 Å². The molecule has 3 aromatic carbocycles. The number of methoxy groups -OCH3 is 5. The highest BCUT2D eigenvalue weighted by atomic mass is 16.5. The van der Waals surface area contributed by atoms with Crippen molar-refractivity contribution in [3.63, 3.8) is 0 Å². The van der Waals surface area contributed by atoms with Crippen molar-refractivity contribution in [3.8, 4) is 28.7 Å². The highest BCUT2D eigenvalue weighted by Gasteiger charge is 2.18. The summed E-state index contributed by atoms with van der Waals surface area (Å²) in [5, 5.41) is 0. The van der Waals surface area contributed by atoms with Gasteiger partial charge in [-0.3, -0.25) is 4.90 Å². The SMILES string of the molecule is CCCOCCN(CCCOC(=O)/C=C\C(=O)OCCCN(C)CCc1cc(OC)c(OC)cc1[C@H](C)Cc1ccc(OC)c(OC)c1)Cc1ccc(OC)cc1. The van der Waals surface area contributed by atoms with Gasteiger partial charge in [-0.15, -0.1) is 0 Å². The molecule has 0 N–H and O–H groups in total. The van der Waals surface area contributed by atoms with Crippen LogP contribution in [0, 0.1) is 0 Å². The molecule has 0 aromatic heterocycles. The first-order chi connectivity index (χ1) is 27.6. The molecule has 0 aliphatic carbocycles. The average molecular weight is 793 g/mol. The normalized spacial score (nSPS) is 11.8. The van der Waals surface area contributed by atoms with Crippen LogP contribution in [0.15, 0.2) is 66.7 Å². The van der Waals surface area contributed by atoms with Gasteiger partial charge in [0, 0.05) is 51.5 Å². The fraction of sp³-hybridized carbons (Fsp3) is 0.511. The van der Waals surface area contributed by atoms with Gasteiger partial charge in [0.05, 0.1) is 55.4 Å². The Balaban J connectivity index is 1.41. The van der Waals surface area contributed by atoms with E-state index in [-0.39, 0.29) is 19.1 Å². The molecule has 12 nitrogen and oxygen atoms in total. The van der Waals surface area contributed by atoms with Crippen LogP contribution in [0.3, 0.4) is 0 Å². The molecule has 0 saturated carbocycles. The van der Waals surface area contributed by atoms with E-state index in [0.29, 0.717) is 42.4 Å². The second kappa shape index (κ2) is 26.2. The molecule has 0 heterocycles. The fourth-order valence-electron chi connectivity index (χ4n) is 6.41. The molecule has 12 heteroatoms. The molecule has 0 radical (unpaired) electrons. The summed E-state index contributed by atoms with van der Waals surface area (Å²) in [6.45, 7) is 9.88. The van der Waals surface area contributed by atoms with Crippen molar-refractivity contribution in [2.75, 3.05) is 95.2 Å². The van der Waals surface area contributed by atoms with Gasteiger partial charge in [0.1, 0.15) is 5.75 Å². The van der Waals surface area contributed by atoms with Gasteiger partial charge in [0.2, 0.25) is 0 Å². The van der Waals surface area contributed by atoms with Gasteiger partial charge >= 0.3 is 11.9 Å². The Morgan fingerprint density at radius 2 is 1.25 bits per heavy atom. The zero-order chi connectivity index (χ0) is 41.4. The number of carbonyl (C=O) groups excluding carboxylic acids is 2. The Kier molecular flexibility index (Phi) is 21.4. The molecule has 0 bridgehead atoms. The highest BCUT2D eigenvalue weighted by Crippen LogP contribution is 2.36. The Labute approximate surface area is 339 Å². The molecule has 314 valence electrons. The summed E-state index contributed by atoms with van der Waals surface area (Å²) in [6.07, 6.45) is 6.10. The van der Waals surface area contributed by atoms with Crippen LogP contribution in [-0.4, -0.2) is 117 Å². The fourth-order valence-corrected chi connectivity index (χ4v) is 6.41. The summed E-state index contributed by atoms with van der Waals surface area (Å²) < 4.78 is 43.9. The number of benzene rings is 3. The minimum absolute atomic E-state index is 0.190. The second-order valence-electron chi connectivity index (χ2n) is 13.9. The molecule has 3 rings (SSSR count). The van der Waals surface area contributed by atoms with Gasteiger partial charge < -0.3 is 42.8 Å². The lowest BCUT2D eigenvalue weighted by atomic mass is 9.88. The van der Waals surface area contributed by atoms with Gasteiger partial charge in [-0.1, -0.05) is 32.0 Å². The van der Waals surface area contributed by atoms with E-state index < -0.39 is 11.9 Å². The number of nitrogens with zero attached hydrogens (tertiary/aromatic N) is 2. The summed E-state index contributed by atoms with van der Waals surface area (Å²) in [5.41, 5.74) is 4.67. The Hall–Kier alpha value is -4.78. The van der Waals surface area contributed by atoms with E-state index in [1.165, 1.54) is 11.1 Å². The second-order valence-corrected chi connectivity index (χ2v) is 13.9. The molecule has 3 aromatic rings. The van der Waals surface area contributed by atoms with E-state index in [1.807, 2.05) is 43.4 Å². The Morgan fingerprint density at radius 3 is 1.86 bits per heavy atom. The molecule has 0 fully saturated rings. The smallest absolute Gasteiger partial charge is 0.331 e. The van der Waals surface area contributed by atoms with E-state index in [0.717, 1.165) is 87.6 Å². The van der Waals surface area contributed by atoms with E-state index in [2.05, 4.69) is 41.8 Å². The van der Waals surface area contributed by atoms with Crippen LogP contribution in [0.25, 0.3) is 0 Å². The van der Waals surface area contributed by atoms with Crippen LogP contribution in [0.2, 0.25) is 0 Å². The summed E-state index contributed by atoms with van der Waals surface area (Å²) in [7, 11) is 10.3. The topological polar surface area (TPSA) is 114 Å². The predicted octanol–water partition coefficient (Wildman–Crippen LogP) is 6.90. The molecule has 0 aliphatic heterocycles. The largest absolute Gasteiger partial charge is 0.497 e. The lowest BCUT2D eigenvalue weighted by Crippen LogP contribution is -2.29. The molecular weight excluding hydrogens is 728 g/mol. The summed E-state index contributed by atoms with van der Waals surface area (Å²) in [6, 6.07) is 18.1. The standard InChI is InChI=1S/C45H64N2O10/c1-9-25-55-28-24-47(33-35-12-15-38(50-4)16-13-35)22-11-27-57-45(49)19-18-44(48)56-26-10-21-46(3)23-20-37-31-42(53-7)43(54-8)32-39(37)34(2)29-36-14-17-40(51-5)41(30-36)52-6/h12-19,30-32,34H,9-11,20-29,33H2,1-8H3/b19-18-/t34-/m1/s1. The number of hydrogen-bond donors (Lipinski definition) is 0. The van der Waals surface area contributed by atoms with E-state index in [1.54, 1.807) is 35.5 Å². The third-order valence-corrected chi connectivity index (χ3v) is 9.54. The monoisotopic (exact) mass is 792 g/mol. The van der Waals surface area contributed by atoms with Crippen molar-refractivity contribution in [1.82, 2.24) is 9.80 Å². The first-order valence-corrected chi connectivity index (χ1v) is 19.7. The summed E-state index contributed by atoms with van der Waals surface area (Å²) in [4.78, 5) is 29.1.